The molecule has 34 heavy (non-hydrogen) atoms. The van der Waals surface area contributed by atoms with E-state index in [2.05, 4.69) is 10.2 Å². The van der Waals surface area contributed by atoms with Gasteiger partial charge in [0, 0.05) is 37.8 Å². The van der Waals surface area contributed by atoms with Gasteiger partial charge in [-0.3, -0.25) is 19.8 Å². The van der Waals surface area contributed by atoms with Gasteiger partial charge in [0.1, 0.15) is 11.4 Å². The number of nitrogens with two attached hydrogens (primary N) is 1. The fourth-order valence-corrected chi connectivity index (χ4v) is 4.07. The van der Waals surface area contributed by atoms with Gasteiger partial charge in [0.2, 0.25) is 5.75 Å². The average molecular weight is 475 g/mol. The number of hydrogen-bond donors (Lipinski definition) is 2. The fraction of sp³-hybridized carbons (Fsp3) is 0.435. The number of methoxy groups -OCH3 is 4. The molecule has 184 valence electrons. The van der Waals surface area contributed by atoms with Crippen LogP contribution in [-0.2, 0) is 6.54 Å². The van der Waals surface area contributed by atoms with Crippen molar-refractivity contribution in [2.24, 2.45) is 0 Å². The molecule has 0 radical (unpaired) electrons. The number of ether oxygens (including phenoxy) is 4. The normalized spacial score (nSPS) is 14.4. The lowest BCUT2D eigenvalue weighted by Crippen LogP contribution is -2.44. The Bertz CT molecular complexity index is 1030. The summed E-state index contributed by atoms with van der Waals surface area (Å²) in [5.74, 6) is 1.52. The third-order valence-electron chi connectivity index (χ3n) is 5.84. The lowest BCUT2D eigenvalue weighted by atomic mass is 10.0. The Hall–Kier alpha value is -3.73. The Balaban J connectivity index is 1.63. The highest BCUT2D eigenvalue weighted by atomic mass is 16.6. The van der Waals surface area contributed by atoms with Gasteiger partial charge < -0.3 is 30.0 Å². The largest absolute Gasteiger partial charge is 0.496 e. The summed E-state index contributed by atoms with van der Waals surface area (Å²) in [5.41, 5.74) is 6.43. The minimum absolute atomic E-state index is 0.0569. The molecule has 3 rings (SSSR count). The summed E-state index contributed by atoms with van der Waals surface area (Å²) >= 11 is 0. The second-order valence-electron chi connectivity index (χ2n) is 7.93. The van der Waals surface area contributed by atoms with Gasteiger partial charge in [-0.15, -0.1) is 0 Å². The van der Waals surface area contributed by atoms with Crippen LogP contribution in [0.3, 0.4) is 0 Å². The minimum atomic E-state index is -0.618. The summed E-state index contributed by atoms with van der Waals surface area (Å²) in [5, 5.41) is 14.2. The number of amides is 1. The number of carbonyl (C=O) groups is 1. The van der Waals surface area contributed by atoms with E-state index in [1.807, 2.05) is 12.1 Å². The van der Waals surface area contributed by atoms with Gasteiger partial charge in [-0.05, 0) is 30.5 Å². The molecule has 0 spiro atoms. The van der Waals surface area contributed by atoms with E-state index in [0.29, 0.717) is 23.8 Å². The first-order valence-corrected chi connectivity index (χ1v) is 10.7. The number of nitrogen functional groups attached to an aromatic ring is 1. The van der Waals surface area contributed by atoms with Crippen molar-refractivity contribution >= 4 is 17.3 Å². The molecule has 11 nitrogen and oxygen atoms in total. The Morgan fingerprint density at radius 1 is 1.03 bits per heavy atom. The number of nitro groups is 1. The van der Waals surface area contributed by atoms with E-state index >= 15 is 0 Å². The van der Waals surface area contributed by atoms with E-state index in [1.165, 1.54) is 13.2 Å². The molecule has 1 heterocycles. The zero-order chi connectivity index (χ0) is 24.8. The predicted octanol–water partition coefficient (Wildman–Crippen LogP) is 2.61. The van der Waals surface area contributed by atoms with Crippen molar-refractivity contribution in [3.05, 3.63) is 45.5 Å². The van der Waals surface area contributed by atoms with E-state index in [0.717, 1.165) is 37.6 Å². The van der Waals surface area contributed by atoms with E-state index in [-0.39, 0.29) is 28.7 Å². The molecule has 2 aromatic rings. The molecule has 0 atom stereocenters. The molecule has 2 aromatic carbocycles. The molecule has 0 bridgehead atoms. The number of hydrogen-bond acceptors (Lipinski definition) is 9. The zero-order valence-electron chi connectivity index (χ0n) is 19.8. The van der Waals surface area contributed by atoms with Crippen molar-refractivity contribution in [3.63, 3.8) is 0 Å². The second kappa shape index (κ2) is 10.9. The molecule has 0 aromatic heterocycles. The Labute approximate surface area is 197 Å². The molecule has 1 aliphatic rings. The first-order valence-electron chi connectivity index (χ1n) is 10.7. The van der Waals surface area contributed by atoms with Crippen LogP contribution in [0.1, 0.15) is 28.8 Å². The second-order valence-corrected chi connectivity index (χ2v) is 7.93. The average Bonchev–Trinajstić information content (AvgIpc) is 2.83. The third kappa shape index (κ3) is 5.42. The van der Waals surface area contributed by atoms with Gasteiger partial charge in [-0.2, -0.15) is 0 Å². The topological polar surface area (TPSA) is 138 Å². The van der Waals surface area contributed by atoms with E-state index in [9.17, 15) is 14.9 Å². The maximum absolute atomic E-state index is 12.8. The van der Waals surface area contributed by atoms with Crippen LogP contribution < -0.4 is 30.0 Å². The number of nitrogens with one attached hydrogen (secondary N) is 1. The number of likely N-dealkylation sites (tertiary alicyclic amines) is 1. The molecule has 1 aliphatic heterocycles. The van der Waals surface area contributed by atoms with Crippen LogP contribution in [0.4, 0.5) is 11.4 Å². The predicted molar refractivity (Wildman–Crippen MR) is 126 cm³/mol. The summed E-state index contributed by atoms with van der Waals surface area (Å²) in [7, 11) is 6.12. The lowest BCUT2D eigenvalue weighted by molar-refractivity contribution is -0.383. The summed E-state index contributed by atoms with van der Waals surface area (Å²) in [4.78, 5) is 25.7. The highest BCUT2D eigenvalue weighted by Gasteiger charge is 2.26. The highest BCUT2D eigenvalue weighted by molar-refractivity contribution is 5.98. The van der Waals surface area contributed by atoms with Crippen LogP contribution in [0.25, 0.3) is 0 Å². The van der Waals surface area contributed by atoms with Gasteiger partial charge in [0.25, 0.3) is 11.6 Å². The van der Waals surface area contributed by atoms with Gasteiger partial charge in [-0.1, -0.05) is 0 Å². The monoisotopic (exact) mass is 474 g/mol. The molecule has 0 aliphatic carbocycles. The fourth-order valence-electron chi connectivity index (χ4n) is 4.07. The first kappa shape index (κ1) is 24.9. The standard InChI is InChI=1S/C23H30N4O7/c1-31-19-12-17(24)18(27(29)30)11-16(19)23(28)25-15-5-7-26(8-6-15)13-14-9-20(32-2)22(34-4)21(10-14)33-3/h9-12,15H,5-8,13,24H2,1-4H3,(H,25,28). The number of piperidine rings is 1. The van der Waals surface area contributed by atoms with Crippen molar-refractivity contribution in [2.45, 2.75) is 25.4 Å². The summed E-state index contributed by atoms with van der Waals surface area (Å²) in [6, 6.07) is 6.24. The molecule has 1 fully saturated rings. The summed E-state index contributed by atoms with van der Waals surface area (Å²) in [6.45, 7) is 2.22. The van der Waals surface area contributed by atoms with Crippen LogP contribution in [0.15, 0.2) is 24.3 Å². The van der Waals surface area contributed by atoms with Crippen LogP contribution in [0, 0.1) is 10.1 Å². The van der Waals surface area contributed by atoms with E-state index in [1.54, 1.807) is 21.3 Å². The number of rotatable bonds is 9. The van der Waals surface area contributed by atoms with Gasteiger partial charge in [-0.25, -0.2) is 0 Å². The highest BCUT2D eigenvalue weighted by Crippen LogP contribution is 2.38. The molecule has 1 amide bonds. The SMILES string of the molecule is COc1cc(N)c([N+](=O)[O-])cc1C(=O)NC1CCN(Cc2cc(OC)c(OC)c(OC)c2)CC1. The molecule has 11 heteroatoms. The number of carbonyl (C=O) groups excluding carboxylic acids is 1. The van der Waals surface area contributed by atoms with Crippen molar-refractivity contribution < 1.29 is 28.7 Å². The smallest absolute Gasteiger partial charge is 0.293 e. The molecule has 0 saturated carbocycles. The molecule has 0 unspecified atom stereocenters. The van der Waals surface area contributed by atoms with Gasteiger partial charge in [0.05, 0.1) is 38.9 Å². The van der Waals surface area contributed by atoms with Gasteiger partial charge >= 0.3 is 0 Å². The van der Waals surface area contributed by atoms with Crippen molar-refractivity contribution in [2.75, 3.05) is 47.3 Å². The number of nitro benzene ring substituents is 1. The van der Waals surface area contributed by atoms with Crippen LogP contribution in [0.2, 0.25) is 0 Å². The van der Waals surface area contributed by atoms with Crippen LogP contribution in [0.5, 0.6) is 23.0 Å². The summed E-state index contributed by atoms with van der Waals surface area (Å²) in [6.07, 6.45) is 1.46. The Morgan fingerprint density at radius 2 is 1.62 bits per heavy atom. The van der Waals surface area contributed by atoms with Crippen molar-refractivity contribution in [1.29, 1.82) is 0 Å². The van der Waals surface area contributed by atoms with E-state index < -0.39 is 10.8 Å². The number of nitrogens with zero attached hydrogens (tertiary/aromatic N) is 2. The lowest BCUT2D eigenvalue weighted by Gasteiger charge is -2.32. The third-order valence-corrected chi connectivity index (χ3v) is 5.84. The van der Waals surface area contributed by atoms with Crippen molar-refractivity contribution in [1.82, 2.24) is 10.2 Å². The number of benzene rings is 2. The van der Waals surface area contributed by atoms with Crippen molar-refractivity contribution in [3.8, 4) is 23.0 Å². The zero-order valence-corrected chi connectivity index (χ0v) is 19.8. The maximum atomic E-state index is 12.8. The minimum Gasteiger partial charge on any atom is -0.496 e. The molecular formula is C23H30N4O7. The van der Waals surface area contributed by atoms with Crippen LogP contribution >= 0.6 is 0 Å². The van der Waals surface area contributed by atoms with Crippen LogP contribution in [-0.4, -0.2) is 63.3 Å². The quantitative estimate of drug-likeness (QED) is 0.319. The maximum Gasteiger partial charge on any atom is 0.293 e. The first-order chi connectivity index (χ1) is 16.3. The molecule has 1 saturated heterocycles. The summed E-state index contributed by atoms with van der Waals surface area (Å²) < 4.78 is 21.4. The Kier molecular flexibility index (Phi) is 8.00. The van der Waals surface area contributed by atoms with Gasteiger partial charge in [0.15, 0.2) is 11.5 Å². The Morgan fingerprint density at radius 3 is 2.12 bits per heavy atom. The number of anilines is 1. The molecular weight excluding hydrogens is 444 g/mol. The molecule has 3 N–H and O–H groups in total. The van der Waals surface area contributed by atoms with E-state index in [4.69, 9.17) is 24.7 Å².